The van der Waals surface area contributed by atoms with Crippen LogP contribution >= 0.6 is 0 Å². The van der Waals surface area contributed by atoms with Crippen molar-refractivity contribution >= 4 is 5.97 Å². The number of benzene rings is 2. The topological polar surface area (TPSA) is 55.8 Å². The van der Waals surface area contributed by atoms with Gasteiger partial charge in [-0.3, -0.25) is 0 Å². The van der Waals surface area contributed by atoms with Crippen LogP contribution in [0.1, 0.15) is 43.2 Å². The Balaban J connectivity index is 1.69. The molecule has 2 aromatic carbocycles. The Kier molecular flexibility index (Phi) is 8.00. The third-order valence-corrected chi connectivity index (χ3v) is 4.43. The summed E-state index contributed by atoms with van der Waals surface area (Å²) in [5, 5.41) is 9.36. The van der Waals surface area contributed by atoms with Crippen LogP contribution in [-0.2, 0) is 11.2 Å². The number of carboxylic acid groups (broad SMARTS) is 1. The fraction of sp³-hybridized carbons (Fsp3) is 0.409. The van der Waals surface area contributed by atoms with Crippen molar-refractivity contribution in [2.45, 2.75) is 51.6 Å². The summed E-state index contributed by atoms with van der Waals surface area (Å²) in [5.41, 5.74) is 2.35. The molecule has 1 atom stereocenters. The van der Waals surface area contributed by atoms with Crippen molar-refractivity contribution in [2.75, 3.05) is 7.11 Å². The minimum atomic E-state index is -0.903. The van der Waals surface area contributed by atoms with E-state index in [0.717, 1.165) is 43.4 Å². The normalized spacial score (nSPS) is 11.8. The van der Waals surface area contributed by atoms with Crippen molar-refractivity contribution in [3.8, 4) is 11.5 Å². The van der Waals surface area contributed by atoms with Crippen molar-refractivity contribution in [3.05, 3.63) is 59.7 Å². The first kappa shape index (κ1) is 19.8. The van der Waals surface area contributed by atoms with E-state index in [0.29, 0.717) is 12.2 Å². The molecule has 1 unspecified atom stereocenters. The minimum Gasteiger partial charge on any atom is -0.496 e. The second-order valence-corrected chi connectivity index (χ2v) is 6.52. The Hall–Kier alpha value is -2.49. The number of ether oxygens (including phenoxy) is 2. The van der Waals surface area contributed by atoms with E-state index in [4.69, 9.17) is 9.47 Å². The molecule has 0 spiro atoms. The van der Waals surface area contributed by atoms with Gasteiger partial charge in [-0.2, -0.15) is 0 Å². The van der Waals surface area contributed by atoms with Crippen LogP contribution in [0.2, 0.25) is 0 Å². The summed E-state index contributed by atoms with van der Waals surface area (Å²) in [6, 6.07) is 15.6. The Bertz CT molecular complexity index is 679. The molecule has 0 aliphatic rings. The lowest BCUT2D eigenvalue weighted by molar-refractivity contribution is -0.145. The van der Waals surface area contributed by atoms with Gasteiger partial charge in [0.1, 0.15) is 11.5 Å². The number of hydrogen-bond donors (Lipinski definition) is 1. The summed E-state index contributed by atoms with van der Waals surface area (Å²) < 4.78 is 11.0. The number of para-hydroxylation sites is 1. The van der Waals surface area contributed by atoms with Gasteiger partial charge in [0.2, 0.25) is 0 Å². The van der Waals surface area contributed by atoms with Gasteiger partial charge in [-0.05, 0) is 56.4 Å². The lowest BCUT2D eigenvalue weighted by Gasteiger charge is -2.15. The molecule has 0 saturated carbocycles. The maximum Gasteiger partial charge on any atom is 0.344 e. The molecule has 4 nitrogen and oxygen atoms in total. The molecule has 0 fully saturated rings. The summed E-state index contributed by atoms with van der Waals surface area (Å²) in [6.07, 6.45) is 4.69. The predicted molar refractivity (Wildman–Crippen MR) is 103 cm³/mol. The van der Waals surface area contributed by atoms with Gasteiger partial charge in [-0.1, -0.05) is 48.7 Å². The van der Waals surface area contributed by atoms with Crippen LogP contribution in [0, 0.1) is 6.92 Å². The first-order valence-corrected chi connectivity index (χ1v) is 9.18. The van der Waals surface area contributed by atoms with Gasteiger partial charge >= 0.3 is 5.97 Å². The number of hydrogen-bond acceptors (Lipinski definition) is 3. The Morgan fingerprint density at radius 1 is 1.00 bits per heavy atom. The molecule has 140 valence electrons. The average Bonchev–Trinajstić information content (AvgIpc) is 2.65. The van der Waals surface area contributed by atoms with Gasteiger partial charge in [0.15, 0.2) is 6.10 Å². The lowest BCUT2D eigenvalue weighted by Crippen LogP contribution is -2.26. The van der Waals surface area contributed by atoms with E-state index in [9.17, 15) is 9.90 Å². The summed E-state index contributed by atoms with van der Waals surface area (Å²) in [4.78, 5) is 11.4. The minimum absolute atomic E-state index is 0.526. The molecule has 26 heavy (non-hydrogen) atoms. The highest BCUT2D eigenvalue weighted by Crippen LogP contribution is 2.21. The molecular weight excluding hydrogens is 328 g/mol. The molecule has 2 rings (SSSR count). The highest BCUT2D eigenvalue weighted by molar-refractivity contribution is 5.72. The van der Waals surface area contributed by atoms with Crippen LogP contribution < -0.4 is 9.47 Å². The monoisotopic (exact) mass is 356 g/mol. The fourth-order valence-corrected chi connectivity index (χ4v) is 2.92. The van der Waals surface area contributed by atoms with Crippen molar-refractivity contribution in [1.82, 2.24) is 0 Å². The number of methoxy groups -OCH3 is 1. The van der Waals surface area contributed by atoms with Crippen molar-refractivity contribution in [2.24, 2.45) is 0 Å². The first-order valence-electron chi connectivity index (χ1n) is 9.18. The van der Waals surface area contributed by atoms with Crippen LogP contribution in [0.3, 0.4) is 0 Å². The zero-order chi connectivity index (χ0) is 18.8. The standard InChI is InChI=1S/C22H28O4/c1-17-13-15-19(16-14-17)26-21(22(23)24)12-6-4-3-5-9-18-10-7-8-11-20(18)25-2/h7-8,10-11,13-16,21H,3-6,9,12H2,1-2H3,(H,23,24). The quantitative estimate of drug-likeness (QED) is 0.574. The van der Waals surface area contributed by atoms with E-state index in [1.807, 2.05) is 49.4 Å². The molecule has 1 N–H and O–H groups in total. The summed E-state index contributed by atoms with van der Waals surface area (Å²) >= 11 is 0. The van der Waals surface area contributed by atoms with E-state index in [1.165, 1.54) is 5.56 Å². The third-order valence-electron chi connectivity index (χ3n) is 4.43. The van der Waals surface area contributed by atoms with Crippen LogP contribution in [0.25, 0.3) is 0 Å². The Morgan fingerprint density at radius 3 is 2.38 bits per heavy atom. The van der Waals surface area contributed by atoms with Crippen LogP contribution in [0.4, 0.5) is 0 Å². The number of aryl methyl sites for hydroxylation is 2. The molecule has 0 saturated heterocycles. The van der Waals surface area contributed by atoms with Crippen molar-refractivity contribution < 1.29 is 19.4 Å². The molecule has 0 bridgehead atoms. The number of carboxylic acids is 1. The third kappa shape index (κ3) is 6.43. The highest BCUT2D eigenvalue weighted by Gasteiger charge is 2.18. The van der Waals surface area contributed by atoms with E-state index >= 15 is 0 Å². The Labute approximate surface area is 155 Å². The molecule has 0 radical (unpaired) electrons. The van der Waals surface area contributed by atoms with Crippen molar-refractivity contribution in [3.63, 3.8) is 0 Å². The zero-order valence-corrected chi connectivity index (χ0v) is 15.6. The van der Waals surface area contributed by atoms with Crippen LogP contribution in [0.5, 0.6) is 11.5 Å². The number of rotatable bonds is 11. The molecule has 0 aliphatic heterocycles. The zero-order valence-electron chi connectivity index (χ0n) is 15.6. The maximum atomic E-state index is 11.4. The molecule has 0 amide bonds. The second kappa shape index (κ2) is 10.5. The summed E-state index contributed by atoms with van der Waals surface area (Å²) in [5.74, 6) is 0.642. The molecule has 0 aromatic heterocycles. The smallest absolute Gasteiger partial charge is 0.344 e. The molecule has 4 heteroatoms. The molecule has 0 aliphatic carbocycles. The summed E-state index contributed by atoms with van der Waals surface area (Å²) in [7, 11) is 1.69. The number of carbonyl (C=O) groups is 1. The Morgan fingerprint density at radius 2 is 1.69 bits per heavy atom. The molecular formula is C22H28O4. The second-order valence-electron chi connectivity index (χ2n) is 6.52. The lowest BCUT2D eigenvalue weighted by atomic mass is 10.0. The first-order chi connectivity index (χ1) is 12.6. The average molecular weight is 356 g/mol. The van der Waals surface area contributed by atoms with Gasteiger partial charge in [0, 0.05) is 0 Å². The largest absolute Gasteiger partial charge is 0.496 e. The fourth-order valence-electron chi connectivity index (χ4n) is 2.92. The number of aliphatic carboxylic acids is 1. The molecule has 2 aromatic rings. The van der Waals surface area contributed by atoms with E-state index in [2.05, 4.69) is 6.07 Å². The van der Waals surface area contributed by atoms with Gasteiger partial charge in [0.25, 0.3) is 0 Å². The van der Waals surface area contributed by atoms with Gasteiger partial charge in [-0.25, -0.2) is 4.79 Å². The van der Waals surface area contributed by atoms with Gasteiger partial charge in [-0.15, -0.1) is 0 Å². The van der Waals surface area contributed by atoms with E-state index in [1.54, 1.807) is 7.11 Å². The summed E-state index contributed by atoms with van der Waals surface area (Å²) in [6.45, 7) is 1.99. The maximum absolute atomic E-state index is 11.4. The highest BCUT2D eigenvalue weighted by atomic mass is 16.5. The SMILES string of the molecule is COc1ccccc1CCCCCCC(Oc1ccc(C)cc1)C(=O)O. The van der Waals surface area contributed by atoms with Crippen molar-refractivity contribution in [1.29, 1.82) is 0 Å². The van der Waals surface area contributed by atoms with Gasteiger partial charge in [0.05, 0.1) is 7.11 Å². The van der Waals surface area contributed by atoms with E-state index < -0.39 is 12.1 Å². The van der Waals surface area contributed by atoms with Gasteiger partial charge < -0.3 is 14.6 Å². The van der Waals surface area contributed by atoms with Crippen LogP contribution in [-0.4, -0.2) is 24.3 Å². The molecule has 0 heterocycles. The van der Waals surface area contributed by atoms with Crippen LogP contribution in [0.15, 0.2) is 48.5 Å². The van der Waals surface area contributed by atoms with E-state index in [-0.39, 0.29) is 0 Å². The predicted octanol–water partition coefficient (Wildman–Crippen LogP) is 5.03. The number of unbranched alkanes of at least 4 members (excludes halogenated alkanes) is 3.